The zero-order valence-electron chi connectivity index (χ0n) is 10.3. The standard InChI is InChI=1S/C12H14N2O4/c1-8(2)14-11(16)6-10(15)13(12(14)17)7-9-4-3-5-18-9/h3-5,8H,6-7H2,1-2H3. The van der Waals surface area contributed by atoms with E-state index in [1.54, 1.807) is 26.0 Å². The van der Waals surface area contributed by atoms with Crippen LogP contribution in [-0.4, -0.2) is 33.7 Å². The third-order valence-electron chi connectivity index (χ3n) is 2.72. The van der Waals surface area contributed by atoms with Crippen LogP contribution in [0, 0.1) is 0 Å². The third-order valence-corrected chi connectivity index (χ3v) is 2.72. The fourth-order valence-electron chi connectivity index (χ4n) is 1.88. The van der Waals surface area contributed by atoms with Crippen molar-refractivity contribution < 1.29 is 18.8 Å². The maximum atomic E-state index is 12.1. The van der Waals surface area contributed by atoms with Crippen LogP contribution in [0.5, 0.6) is 0 Å². The first-order valence-electron chi connectivity index (χ1n) is 5.69. The zero-order chi connectivity index (χ0) is 13.3. The Labute approximate surface area is 104 Å². The molecule has 0 aromatic carbocycles. The van der Waals surface area contributed by atoms with Gasteiger partial charge in [-0.1, -0.05) is 0 Å². The van der Waals surface area contributed by atoms with Gasteiger partial charge >= 0.3 is 6.03 Å². The molecule has 0 bridgehead atoms. The van der Waals surface area contributed by atoms with Gasteiger partial charge in [0, 0.05) is 6.04 Å². The first-order chi connectivity index (χ1) is 8.50. The van der Waals surface area contributed by atoms with Crippen LogP contribution < -0.4 is 0 Å². The molecule has 2 heterocycles. The van der Waals surface area contributed by atoms with Crippen LogP contribution in [0.1, 0.15) is 26.0 Å². The molecule has 1 aromatic rings. The van der Waals surface area contributed by atoms with Gasteiger partial charge < -0.3 is 4.42 Å². The summed E-state index contributed by atoms with van der Waals surface area (Å²) in [4.78, 5) is 37.6. The first kappa shape index (κ1) is 12.3. The van der Waals surface area contributed by atoms with Gasteiger partial charge in [-0.05, 0) is 26.0 Å². The highest BCUT2D eigenvalue weighted by Crippen LogP contribution is 2.18. The van der Waals surface area contributed by atoms with Crippen molar-refractivity contribution in [3.8, 4) is 0 Å². The maximum Gasteiger partial charge on any atom is 0.334 e. The SMILES string of the molecule is CC(C)N1C(=O)CC(=O)N(Cc2ccco2)C1=O. The molecule has 0 N–H and O–H groups in total. The molecule has 0 atom stereocenters. The lowest BCUT2D eigenvalue weighted by atomic mass is 10.2. The van der Waals surface area contributed by atoms with Crippen molar-refractivity contribution >= 4 is 17.8 Å². The second-order valence-corrected chi connectivity index (χ2v) is 4.38. The molecule has 1 aliphatic rings. The van der Waals surface area contributed by atoms with E-state index >= 15 is 0 Å². The fourth-order valence-corrected chi connectivity index (χ4v) is 1.88. The number of carbonyl (C=O) groups excluding carboxylic acids is 3. The van der Waals surface area contributed by atoms with Crippen LogP contribution in [0.3, 0.4) is 0 Å². The molecule has 1 aromatic heterocycles. The quantitative estimate of drug-likeness (QED) is 0.759. The van der Waals surface area contributed by atoms with Gasteiger partial charge in [-0.2, -0.15) is 0 Å². The smallest absolute Gasteiger partial charge is 0.334 e. The number of amides is 4. The number of imide groups is 2. The van der Waals surface area contributed by atoms with Crippen molar-refractivity contribution in [2.24, 2.45) is 0 Å². The molecule has 2 rings (SSSR count). The number of carbonyl (C=O) groups is 3. The Morgan fingerprint density at radius 1 is 1.28 bits per heavy atom. The van der Waals surface area contributed by atoms with Crippen molar-refractivity contribution in [2.75, 3.05) is 0 Å². The van der Waals surface area contributed by atoms with E-state index in [0.717, 1.165) is 9.80 Å². The van der Waals surface area contributed by atoms with E-state index in [9.17, 15) is 14.4 Å². The van der Waals surface area contributed by atoms with Crippen LogP contribution in [-0.2, 0) is 16.1 Å². The van der Waals surface area contributed by atoms with Crippen molar-refractivity contribution in [1.29, 1.82) is 0 Å². The van der Waals surface area contributed by atoms with E-state index in [1.165, 1.54) is 6.26 Å². The number of barbiturate groups is 1. The van der Waals surface area contributed by atoms with E-state index in [4.69, 9.17) is 4.42 Å². The van der Waals surface area contributed by atoms with Crippen molar-refractivity contribution in [3.63, 3.8) is 0 Å². The number of furan rings is 1. The minimum absolute atomic E-state index is 0.0567. The summed E-state index contributed by atoms with van der Waals surface area (Å²) < 4.78 is 5.11. The normalized spacial score (nSPS) is 16.9. The number of nitrogens with zero attached hydrogens (tertiary/aromatic N) is 2. The highest BCUT2D eigenvalue weighted by Gasteiger charge is 2.39. The lowest BCUT2D eigenvalue weighted by Gasteiger charge is -2.34. The topological polar surface area (TPSA) is 70.8 Å². The Morgan fingerprint density at radius 3 is 2.56 bits per heavy atom. The van der Waals surface area contributed by atoms with Gasteiger partial charge in [-0.3, -0.25) is 19.4 Å². The first-order valence-corrected chi connectivity index (χ1v) is 5.69. The highest BCUT2D eigenvalue weighted by molar-refractivity contribution is 6.14. The Morgan fingerprint density at radius 2 is 2.00 bits per heavy atom. The second-order valence-electron chi connectivity index (χ2n) is 4.38. The lowest BCUT2D eigenvalue weighted by molar-refractivity contribution is -0.144. The minimum atomic E-state index is -0.581. The summed E-state index contributed by atoms with van der Waals surface area (Å²) in [5.74, 6) is -0.427. The van der Waals surface area contributed by atoms with E-state index in [1.807, 2.05) is 0 Å². The summed E-state index contributed by atoms with van der Waals surface area (Å²) >= 11 is 0. The second kappa shape index (κ2) is 4.64. The maximum absolute atomic E-state index is 12.1. The van der Waals surface area contributed by atoms with E-state index in [-0.39, 0.29) is 19.0 Å². The molecule has 1 saturated heterocycles. The van der Waals surface area contributed by atoms with Crippen LogP contribution >= 0.6 is 0 Å². The zero-order valence-corrected chi connectivity index (χ0v) is 10.3. The highest BCUT2D eigenvalue weighted by atomic mass is 16.3. The molecule has 0 radical (unpaired) electrons. The average molecular weight is 250 g/mol. The molecule has 1 aliphatic heterocycles. The molecule has 96 valence electrons. The van der Waals surface area contributed by atoms with Crippen LogP contribution in [0.4, 0.5) is 4.79 Å². The van der Waals surface area contributed by atoms with Gasteiger partial charge in [0.05, 0.1) is 12.8 Å². The van der Waals surface area contributed by atoms with Crippen LogP contribution in [0.2, 0.25) is 0 Å². The van der Waals surface area contributed by atoms with Gasteiger partial charge in [-0.15, -0.1) is 0 Å². The van der Waals surface area contributed by atoms with Crippen LogP contribution in [0.15, 0.2) is 22.8 Å². The largest absolute Gasteiger partial charge is 0.467 e. The molecule has 6 heteroatoms. The Balaban J connectivity index is 2.21. The molecule has 6 nitrogen and oxygen atoms in total. The van der Waals surface area contributed by atoms with E-state index in [0.29, 0.717) is 5.76 Å². The van der Waals surface area contributed by atoms with Gasteiger partial charge in [0.25, 0.3) is 0 Å². The summed E-state index contributed by atoms with van der Waals surface area (Å²) in [6.07, 6.45) is 1.20. The summed E-state index contributed by atoms with van der Waals surface area (Å²) in [7, 11) is 0. The molecule has 0 spiro atoms. The third kappa shape index (κ3) is 2.13. The Bertz CT molecular complexity index is 478. The van der Waals surface area contributed by atoms with Gasteiger partial charge in [-0.25, -0.2) is 4.79 Å². The van der Waals surface area contributed by atoms with Gasteiger partial charge in [0.2, 0.25) is 11.8 Å². The van der Waals surface area contributed by atoms with Gasteiger partial charge in [0.1, 0.15) is 12.2 Å². The van der Waals surface area contributed by atoms with Crippen molar-refractivity contribution in [2.45, 2.75) is 32.9 Å². The molecule has 4 amide bonds. The van der Waals surface area contributed by atoms with Crippen LogP contribution in [0.25, 0.3) is 0 Å². The number of urea groups is 1. The Hall–Kier alpha value is -2.11. The molecule has 1 fully saturated rings. The molecular formula is C12H14N2O4. The molecular weight excluding hydrogens is 236 g/mol. The summed E-state index contributed by atoms with van der Waals surface area (Å²) in [6, 6.07) is 2.51. The van der Waals surface area contributed by atoms with Crippen molar-refractivity contribution in [1.82, 2.24) is 9.80 Å². The van der Waals surface area contributed by atoms with Gasteiger partial charge in [0.15, 0.2) is 0 Å². The summed E-state index contributed by atoms with van der Waals surface area (Å²) in [5, 5.41) is 0. The fraction of sp³-hybridized carbons (Fsp3) is 0.417. The average Bonchev–Trinajstić information content (AvgIpc) is 2.75. The predicted octanol–water partition coefficient (Wildman–Crippen LogP) is 1.37. The molecule has 0 saturated carbocycles. The molecule has 0 unspecified atom stereocenters. The number of rotatable bonds is 3. The molecule has 0 aliphatic carbocycles. The summed E-state index contributed by atoms with van der Waals surface area (Å²) in [6.45, 7) is 3.52. The van der Waals surface area contributed by atoms with E-state index in [2.05, 4.69) is 0 Å². The monoisotopic (exact) mass is 250 g/mol. The van der Waals surface area contributed by atoms with Crippen molar-refractivity contribution in [3.05, 3.63) is 24.2 Å². The summed E-state index contributed by atoms with van der Waals surface area (Å²) in [5.41, 5.74) is 0. The number of hydrogen-bond acceptors (Lipinski definition) is 4. The minimum Gasteiger partial charge on any atom is -0.467 e. The lowest BCUT2D eigenvalue weighted by Crippen LogP contribution is -2.56. The number of hydrogen-bond donors (Lipinski definition) is 0. The molecule has 18 heavy (non-hydrogen) atoms. The predicted molar refractivity (Wildman–Crippen MR) is 61.3 cm³/mol. The Kier molecular flexibility index (Phi) is 3.18. The van der Waals surface area contributed by atoms with E-state index < -0.39 is 17.8 Å².